The van der Waals surface area contributed by atoms with E-state index in [2.05, 4.69) is 0 Å². The molecule has 0 saturated heterocycles. The third-order valence-corrected chi connectivity index (χ3v) is 4.62. The Morgan fingerprint density at radius 3 is 2.79 bits per heavy atom. The van der Waals surface area contributed by atoms with Crippen LogP contribution >= 0.6 is 11.3 Å². The topological polar surface area (TPSA) is 29.5 Å². The van der Waals surface area contributed by atoms with Gasteiger partial charge in [0.25, 0.3) is 0 Å². The van der Waals surface area contributed by atoms with Crippen molar-refractivity contribution in [2.45, 2.75) is 38.4 Å². The predicted octanol–water partition coefficient (Wildman–Crippen LogP) is 4.28. The number of aliphatic hydroxyl groups excluding tert-OH is 1. The molecule has 104 valence electrons. The summed E-state index contributed by atoms with van der Waals surface area (Å²) in [4.78, 5) is 0.882. The minimum absolute atomic E-state index is 0.232. The van der Waals surface area contributed by atoms with Gasteiger partial charge in [-0.3, -0.25) is 0 Å². The molecule has 0 saturated carbocycles. The fourth-order valence-corrected chi connectivity index (χ4v) is 2.99. The number of methoxy groups -OCH3 is 1. The van der Waals surface area contributed by atoms with Gasteiger partial charge in [0, 0.05) is 16.7 Å². The van der Waals surface area contributed by atoms with Crippen molar-refractivity contribution in [3.63, 3.8) is 0 Å². The van der Waals surface area contributed by atoms with Gasteiger partial charge >= 0.3 is 0 Å². The Bertz CT molecular complexity index is 562. The zero-order valence-corrected chi connectivity index (χ0v) is 12.3. The maximum atomic E-state index is 13.1. The summed E-state index contributed by atoms with van der Waals surface area (Å²) in [7, 11) is 1.68. The lowest BCUT2D eigenvalue weighted by Gasteiger charge is -2.23. The second-order valence-electron chi connectivity index (χ2n) is 5.35. The summed E-state index contributed by atoms with van der Waals surface area (Å²) in [6, 6.07) is 6.57. The largest absolute Gasteiger partial charge is 0.388 e. The number of benzene rings is 1. The Labute approximate surface area is 116 Å². The van der Waals surface area contributed by atoms with Crippen LogP contribution in [0.2, 0.25) is 0 Å². The van der Waals surface area contributed by atoms with Crippen molar-refractivity contribution in [1.29, 1.82) is 0 Å². The van der Waals surface area contributed by atoms with Gasteiger partial charge in [0.1, 0.15) is 5.82 Å². The summed E-state index contributed by atoms with van der Waals surface area (Å²) >= 11 is 1.51. The van der Waals surface area contributed by atoms with E-state index >= 15 is 0 Å². The molecule has 2 nitrogen and oxygen atoms in total. The summed E-state index contributed by atoms with van der Waals surface area (Å²) in [6.07, 6.45) is 0.888. The molecule has 1 aromatic heterocycles. The second kappa shape index (κ2) is 5.57. The number of aliphatic hydroxyl groups is 1. The van der Waals surface area contributed by atoms with Gasteiger partial charge in [0.05, 0.1) is 11.7 Å². The van der Waals surface area contributed by atoms with Gasteiger partial charge < -0.3 is 9.84 Å². The highest BCUT2D eigenvalue weighted by atomic mass is 32.1. The molecule has 0 aliphatic carbocycles. The average Bonchev–Trinajstić information content (AvgIpc) is 2.79. The van der Waals surface area contributed by atoms with Crippen LogP contribution in [-0.2, 0) is 4.74 Å². The van der Waals surface area contributed by atoms with Crippen LogP contribution in [0.5, 0.6) is 0 Å². The second-order valence-corrected chi connectivity index (χ2v) is 6.46. The van der Waals surface area contributed by atoms with E-state index < -0.39 is 6.10 Å². The van der Waals surface area contributed by atoms with Crippen LogP contribution in [0.25, 0.3) is 10.1 Å². The molecule has 1 unspecified atom stereocenters. The fourth-order valence-electron chi connectivity index (χ4n) is 1.93. The molecule has 1 N–H and O–H groups in total. The van der Waals surface area contributed by atoms with Crippen LogP contribution in [-0.4, -0.2) is 17.8 Å². The fraction of sp³-hybridized carbons (Fsp3) is 0.467. The number of fused-ring (bicyclic) bond motifs is 1. The van der Waals surface area contributed by atoms with Gasteiger partial charge in [0.15, 0.2) is 0 Å². The van der Waals surface area contributed by atoms with Crippen molar-refractivity contribution in [3.05, 3.63) is 35.0 Å². The first-order chi connectivity index (χ1) is 8.91. The molecule has 0 aliphatic rings. The Kier molecular flexibility index (Phi) is 4.23. The lowest BCUT2D eigenvalue weighted by molar-refractivity contribution is 0.00310. The molecule has 1 heterocycles. The molecule has 0 radical (unpaired) electrons. The number of rotatable bonds is 5. The lowest BCUT2D eigenvalue weighted by Crippen LogP contribution is -2.22. The molecule has 0 amide bonds. The summed E-state index contributed by atoms with van der Waals surface area (Å²) in [6.45, 7) is 4.00. The van der Waals surface area contributed by atoms with Crippen molar-refractivity contribution in [1.82, 2.24) is 0 Å². The van der Waals surface area contributed by atoms with Gasteiger partial charge in [-0.15, -0.1) is 11.3 Å². The highest BCUT2D eigenvalue weighted by Crippen LogP contribution is 2.33. The number of ether oxygens (including phenoxy) is 1. The molecule has 0 aliphatic heterocycles. The standard InChI is InChI=1S/C15H19FO2S/c1-15(2,18-3)7-6-12(17)14-9-10-8-11(16)4-5-13(10)19-14/h4-5,8-9,12,17H,6-7H2,1-3H3. The van der Waals surface area contributed by atoms with Gasteiger partial charge in [-0.1, -0.05) is 0 Å². The van der Waals surface area contributed by atoms with Gasteiger partial charge in [-0.2, -0.15) is 0 Å². The molecule has 19 heavy (non-hydrogen) atoms. The quantitative estimate of drug-likeness (QED) is 0.887. The molecule has 0 spiro atoms. The van der Waals surface area contributed by atoms with Crippen LogP contribution in [0.3, 0.4) is 0 Å². The Morgan fingerprint density at radius 1 is 1.37 bits per heavy atom. The van der Waals surface area contributed by atoms with E-state index in [0.717, 1.165) is 21.4 Å². The first-order valence-corrected chi connectivity index (χ1v) is 7.15. The minimum Gasteiger partial charge on any atom is -0.388 e. The van der Waals surface area contributed by atoms with Crippen molar-refractivity contribution < 1.29 is 14.2 Å². The van der Waals surface area contributed by atoms with E-state index in [1.165, 1.54) is 23.5 Å². The predicted molar refractivity (Wildman–Crippen MR) is 77.1 cm³/mol. The lowest BCUT2D eigenvalue weighted by atomic mass is 9.99. The Hall–Kier alpha value is -0.970. The SMILES string of the molecule is COC(C)(C)CCC(O)c1cc2cc(F)ccc2s1. The van der Waals surface area contributed by atoms with Gasteiger partial charge in [-0.25, -0.2) is 4.39 Å². The molecule has 2 aromatic rings. The van der Waals surface area contributed by atoms with E-state index in [1.54, 1.807) is 13.2 Å². The third kappa shape index (κ3) is 3.53. The maximum Gasteiger partial charge on any atom is 0.123 e. The first kappa shape index (κ1) is 14.4. The number of halogens is 1. The number of thiophene rings is 1. The zero-order chi connectivity index (χ0) is 14.0. The van der Waals surface area contributed by atoms with E-state index in [1.807, 2.05) is 19.9 Å². The molecule has 4 heteroatoms. The molecule has 1 aromatic carbocycles. The summed E-state index contributed by atoms with van der Waals surface area (Å²) in [5, 5.41) is 11.1. The van der Waals surface area contributed by atoms with Crippen molar-refractivity contribution in [2.75, 3.05) is 7.11 Å². The number of hydrogen-bond acceptors (Lipinski definition) is 3. The molecule has 2 rings (SSSR count). The van der Waals surface area contributed by atoms with Gasteiger partial charge in [0.2, 0.25) is 0 Å². The van der Waals surface area contributed by atoms with E-state index in [4.69, 9.17) is 4.74 Å². The summed E-state index contributed by atoms with van der Waals surface area (Å²) in [5.74, 6) is -0.244. The summed E-state index contributed by atoms with van der Waals surface area (Å²) < 4.78 is 19.5. The minimum atomic E-state index is -0.519. The summed E-state index contributed by atoms with van der Waals surface area (Å²) in [5.41, 5.74) is -0.232. The van der Waals surface area contributed by atoms with Crippen LogP contribution in [0, 0.1) is 5.82 Å². The molecular weight excluding hydrogens is 263 g/mol. The average molecular weight is 282 g/mol. The molecule has 0 bridgehead atoms. The smallest absolute Gasteiger partial charge is 0.123 e. The van der Waals surface area contributed by atoms with Crippen LogP contribution in [0.1, 0.15) is 37.7 Å². The van der Waals surface area contributed by atoms with Crippen molar-refractivity contribution >= 4 is 21.4 Å². The van der Waals surface area contributed by atoms with Crippen molar-refractivity contribution in [3.8, 4) is 0 Å². The maximum absolute atomic E-state index is 13.1. The third-order valence-electron chi connectivity index (χ3n) is 3.40. The normalized spacial score (nSPS) is 13.9. The zero-order valence-electron chi connectivity index (χ0n) is 11.4. The van der Waals surface area contributed by atoms with E-state index in [-0.39, 0.29) is 11.4 Å². The van der Waals surface area contributed by atoms with Crippen LogP contribution < -0.4 is 0 Å². The van der Waals surface area contributed by atoms with Crippen LogP contribution in [0.15, 0.2) is 24.3 Å². The van der Waals surface area contributed by atoms with E-state index in [9.17, 15) is 9.50 Å². The monoisotopic (exact) mass is 282 g/mol. The van der Waals surface area contributed by atoms with Crippen LogP contribution in [0.4, 0.5) is 4.39 Å². The molecular formula is C15H19FO2S. The Balaban J connectivity index is 2.11. The highest BCUT2D eigenvalue weighted by Gasteiger charge is 2.20. The van der Waals surface area contributed by atoms with E-state index in [0.29, 0.717) is 6.42 Å². The van der Waals surface area contributed by atoms with Crippen molar-refractivity contribution in [2.24, 2.45) is 0 Å². The van der Waals surface area contributed by atoms with Gasteiger partial charge in [-0.05, 0) is 56.3 Å². The molecule has 0 fully saturated rings. The first-order valence-electron chi connectivity index (χ1n) is 6.33. The Morgan fingerprint density at radius 2 is 2.11 bits per heavy atom. The molecule has 1 atom stereocenters. The highest BCUT2D eigenvalue weighted by molar-refractivity contribution is 7.19. The number of hydrogen-bond donors (Lipinski definition) is 1.